The summed E-state index contributed by atoms with van der Waals surface area (Å²) in [5.74, 6) is 0.725. The van der Waals surface area contributed by atoms with Crippen LogP contribution in [0.3, 0.4) is 0 Å². The van der Waals surface area contributed by atoms with Gasteiger partial charge in [-0.3, -0.25) is 4.98 Å². The molecule has 39 heavy (non-hydrogen) atoms. The summed E-state index contributed by atoms with van der Waals surface area (Å²) in [4.78, 5) is 6.74. The van der Waals surface area contributed by atoms with E-state index in [9.17, 15) is 16.8 Å². The van der Waals surface area contributed by atoms with Crippen molar-refractivity contribution in [3.05, 3.63) is 47.8 Å². The van der Waals surface area contributed by atoms with Gasteiger partial charge < -0.3 is 9.64 Å². The number of aryl methyl sites for hydroxylation is 2. The van der Waals surface area contributed by atoms with Crippen molar-refractivity contribution in [1.82, 2.24) is 13.6 Å². The molecule has 0 saturated carbocycles. The maximum absolute atomic E-state index is 13.6. The van der Waals surface area contributed by atoms with Gasteiger partial charge in [0.15, 0.2) is 0 Å². The van der Waals surface area contributed by atoms with Crippen molar-refractivity contribution in [3.8, 4) is 5.75 Å². The van der Waals surface area contributed by atoms with Gasteiger partial charge >= 0.3 is 0 Å². The summed E-state index contributed by atoms with van der Waals surface area (Å²) < 4.78 is 62.4. The lowest BCUT2D eigenvalue weighted by atomic mass is 9.86. The number of rotatable bonds is 9. The molecule has 3 saturated heterocycles. The Bertz CT molecular complexity index is 1400. The minimum atomic E-state index is -3.68. The van der Waals surface area contributed by atoms with E-state index in [1.165, 1.54) is 0 Å². The first-order valence-electron chi connectivity index (χ1n) is 13.8. The quantitative estimate of drug-likeness (QED) is 0.450. The first kappa shape index (κ1) is 28.3. The van der Waals surface area contributed by atoms with E-state index in [1.807, 2.05) is 19.1 Å². The van der Waals surface area contributed by atoms with Gasteiger partial charge in [0.1, 0.15) is 5.75 Å². The van der Waals surface area contributed by atoms with E-state index < -0.39 is 20.0 Å². The topological polar surface area (TPSA) is 100 Å². The van der Waals surface area contributed by atoms with Crippen LogP contribution in [0.5, 0.6) is 5.75 Å². The molecule has 5 rings (SSSR count). The van der Waals surface area contributed by atoms with Crippen molar-refractivity contribution in [3.63, 3.8) is 0 Å². The summed E-state index contributed by atoms with van der Waals surface area (Å²) in [5.41, 5.74) is 2.57. The smallest absolute Gasteiger partial charge is 0.243 e. The van der Waals surface area contributed by atoms with E-state index >= 15 is 0 Å². The molecule has 214 valence electrons. The van der Waals surface area contributed by atoms with Crippen molar-refractivity contribution >= 4 is 25.7 Å². The molecule has 11 heteroatoms. The molecular weight excluding hydrogens is 536 g/mol. The Morgan fingerprint density at radius 2 is 1.74 bits per heavy atom. The monoisotopic (exact) mass is 576 g/mol. The highest BCUT2D eigenvalue weighted by Gasteiger charge is 2.46. The lowest BCUT2D eigenvalue weighted by Gasteiger charge is -2.26. The van der Waals surface area contributed by atoms with Gasteiger partial charge in [0, 0.05) is 62.3 Å². The predicted octanol–water partition coefficient (Wildman–Crippen LogP) is 3.57. The second-order valence-corrected chi connectivity index (χ2v) is 15.4. The highest BCUT2D eigenvalue weighted by molar-refractivity contribution is 7.89. The van der Waals surface area contributed by atoms with Crippen LogP contribution < -0.4 is 9.64 Å². The first-order valence-corrected chi connectivity index (χ1v) is 16.9. The summed E-state index contributed by atoms with van der Waals surface area (Å²) in [5, 5.41) is 0. The molecule has 2 aromatic rings. The summed E-state index contributed by atoms with van der Waals surface area (Å²) in [6.07, 6.45) is 7.99. The number of benzene rings is 1. The lowest BCUT2D eigenvalue weighted by Crippen LogP contribution is -2.37. The summed E-state index contributed by atoms with van der Waals surface area (Å²) in [6, 6.07) is 7.29. The van der Waals surface area contributed by atoms with Gasteiger partial charge in [-0.1, -0.05) is 0 Å². The molecule has 0 N–H and O–H groups in total. The normalized spacial score (nSPS) is 24.7. The molecule has 1 aromatic heterocycles. The Kier molecular flexibility index (Phi) is 7.98. The number of methoxy groups -OCH3 is 1. The average molecular weight is 577 g/mol. The Hall–Kier alpha value is -2.21. The number of pyridine rings is 1. The Balaban J connectivity index is 1.18. The molecule has 1 aromatic carbocycles. The Labute approximate surface area is 233 Å². The van der Waals surface area contributed by atoms with Crippen LogP contribution in [0.4, 0.5) is 5.69 Å². The van der Waals surface area contributed by atoms with E-state index in [-0.39, 0.29) is 17.2 Å². The summed E-state index contributed by atoms with van der Waals surface area (Å²) in [7, 11) is -5.50. The molecule has 2 atom stereocenters. The van der Waals surface area contributed by atoms with Crippen LogP contribution in [0, 0.1) is 19.3 Å². The maximum Gasteiger partial charge on any atom is 0.243 e. The number of nitrogens with zero attached hydrogens (tertiary/aromatic N) is 4. The molecule has 9 nitrogen and oxygen atoms in total. The minimum absolute atomic E-state index is 0.00102. The van der Waals surface area contributed by atoms with Crippen LogP contribution in [-0.4, -0.2) is 82.1 Å². The summed E-state index contributed by atoms with van der Waals surface area (Å²) >= 11 is 0. The van der Waals surface area contributed by atoms with Crippen LogP contribution in [0.2, 0.25) is 0 Å². The molecule has 1 spiro atoms. The van der Waals surface area contributed by atoms with Crippen LogP contribution in [0.1, 0.15) is 49.7 Å². The third-order valence-corrected chi connectivity index (χ3v) is 12.8. The molecule has 2 unspecified atom stereocenters. The van der Waals surface area contributed by atoms with Crippen LogP contribution in [-0.2, 0) is 20.0 Å². The second-order valence-electron chi connectivity index (χ2n) is 11.4. The molecule has 4 heterocycles. The van der Waals surface area contributed by atoms with Gasteiger partial charge in [-0.05, 0) is 87.8 Å². The van der Waals surface area contributed by atoms with E-state index in [1.54, 1.807) is 47.2 Å². The summed E-state index contributed by atoms with van der Waals surface area (Å²) in [6.45, 7) is 7.01. The number of hydrogen-bond acceptors (Lipinski definition) is 7. The molecule has 0 radical (unpaired) electrons. The van der Waals surface area contributed by atoms with Crippen molar-refractivity contribution in [2.45, 2.75) is 63.3 Å². The zero-order valence-corrected chi connectivity index (χ0v) is 24.8. The van der Waals surface area contributed by atoms with Gasteiger partial charge in [0.25, 0.3) is 0 Å². The van der Waals surface area contributed by atoms with Gasteiger partial charge in [-0.15, -0.1) is 0 Å². The molecule has 3 aliphatic heterocycles. The van der Waals surface area contributed by atoms with Crippen molar-refractivity contribution in [1.29, 1.82) is 0 Å². The van der Waals surface area contributed by atoms with Gasteiger partial charge in [0.2, 0.25) is 20.0 Å². The lowest BCUT2D eigenvalue weighted by molar-refractivity contribution is 0.340. The van der Waals surface area contributed by atoms with E-state index in [0.29, 0.717) is 48.7 Å². The zero-order chi connectivity index (χ0) is 27.8. The predicted molar refractivity (Wildman–Crippen MR) is 152 cm³/mol. The van der Waals surface area contributed by atoms with E-state index in [2.05, 4.69) is 9.88 Å². The van der Waals surface area contributed by atoms with Gasteiger partial charge in [-0.2, -0.15) is 4.31 Å². The third-order valence-electron chi connectivity index (χ3n) is 8.80. The number of sulfonamides is 2. The van der Waals surface area contributed by atoms with Crippen molar-refractivity contribution < 1.29 is 21.6 Å². The van der Waals surface area contributed by atoms with Crippen molar-refractivity contribution in [2.75, 3.05) is 50.5 Å². The Morgan fingerprint density at radius 3 is 2.49 bits per heavy atom. The average Bonchev–Trinajstić information content (AvgIpc) is 3.67. The number of aromatic nitrogens is 1. The number of hydrogen-bond donors (Lipinski definition) is 0. The fraction of sp³-hybridized carbons (Fsp3) is 0.607. The third kappa shape index (κ3) is 5.68. The highest BCUT2D eigenvalue weighted by Crippen LogP contribution is 2.42. The standard InChI is InChI=1S/C28H40N4O5S2/c1-22-19-27(23(2)18-26(22)37-3)39(35,36)32-14-4-6-25(32)7-5-17-38(33,34)31-16-11-28(21-31)10-15-30(20-28)24-8-12-29-13-9-24/h8-9,12-13,18-19,25H,4-7,10-11,14-17,20-21H2,1-3H3. The largest absolute Gasteiger partial charge is 0.496 e. The molecule has 3 fully saturated rings. The molecule has 0 amide bonds. The molecular formula is C28H40N4O5S2. The minimum Gasteiger partial charge on any atom is -0.496 e. The fourth-order valence-corrected chi connectivity index (χ4v) is 10.3. The maximum atomic E-state index is 13.6. The zero-order valence-electron chi connectivity index (χ0n) is 23.2. The van der Waals surface area contributed by atoms with E-state index in [4.69, 9.17) is 4.74 Å². The Morgan fingerprint density at radius 1 is 1.00 bits per heavy atom. The molecule has 3 aliphatic rings. The van der Waals surface area contributed by atoms with Crippen LogP contribution >= 0.6 is 0 Å². The van der Waals surface area contributed by atoms with Gasteiger partial charge in [-0.25, -0.2) is 21.1 Å². The highest BCUT2D eigenvalue weighted by atomic mass is 32.2. The number of anilines is 1. The van der Waals surface area contributed by atoms with E-state index in [0.717, 1.165) is 50.0 Å². The molecule has 0 aliphatic carbocycles. The molecule has 0 bridgehead atoms. The van der Waals surface area contributed by atoms with Gasteiger partial charge in [0.05, 0.1) is 17.8 Å². The SMILES string of the molecule is COc1cc(C)c(S(=O)(=O)N2CCCC2CCCS(=O)(=O)N2CCC3(CCN(c4ccncc4)C3)C2)cc1C. The first-order chi connectivity index (χ1) is 18.5. The van der Waals surface area contributed by atoms with Crippen LogP contribution in [0.15, 0.2) is 41.6 Å². The number of ether oxygens (including phenoxy) is 1. The van der Waals surface area contributed by atoms with Crippen molar-refractivity contribution in [2.24, 2.45) is 5.41 Å². The fourth-order valence-electron chi connectivity index (χ4n) is 6.61. The second kappa shape index (κ2) is 11.0. The van der Waals surface area contributed by atoms with Crippen LogP contribution in [0.25, 0.3) is 0 Å².